The molecule has 0 aliphatic rings. The van der Waals surface area contributed by atoms with E-state index in [0.29, 0.717) is 6.54 Å². The van der Waals surface area contributed by atoms with Crippen LogP contribution in [0.4, 0.5) is 0 Å². The summed E-state index contributed by atoms with van der Waals surface area (Å²) in [7, 11) is 0. The first-order valence-electron chi connectivity index (χ1n) is 5.71. The second-order valence-electron chi connectivity index (χ2n) is 5.12. The van der Waals surface area contributed by atoms with E-state index in [1.165, 1.54) is 4.88 Å². The number of nitrogens with two attached hydrogens (primary N) is 1. The molecule has 2 rings (SSSR count). The van der Waals surface area contributed by atoms with Crippen molar-refractivity contribution < 1.29 is 0 Å². The fourth-order valence-electron chi connectivity index (χ4n) is 1.62. The molecule has 0 aliphatic heterocycles. The summed E-state index contributed by atoms with van der Waals surface area (Å²) in [6.07, 6.45) is 0. The van der Waals surface area contributed by atoms with Gasteiger partial charge in [0.1, 0.15) is 5.01 Å². The Morgan fingerprint density at radius 2 is 2.12 bits per heavy atom. The predicted molar refractivity (Wildman–Crippen MR) is 76.0 cm³/mol. The third-order valence-electron chi connectivity index (χ3n) is 2.71. The highest BCUT2D eigenvalue weighted by Gasteiger charge is 2.22. The molecule has 2 N–H and O–H groups in total. The van der Waals surface area contributed by atoms with E-state index in [2.05, 4.69) is 43.7 Å². The van der Waals surface area contributed by atoms with Crippen molar-refractivity contribution in [2.45, 2.75) is 32.1 Å². The molecule has 2 aromatic heterocycles. The van der Waals surface area contributed by atoms with Crippen LogP contribution in [0.1, 0.15) is 42.3 Å². The summed E-state index contributed by atoms with van der Waals surface area (Å²) in [5.41, 5.74) is 7.16. The predicted octanol–water partition coefficient (Wildman–Crippen LogP) is 3.59. The molecule has 0 aliphatic carbocycles. The lowest BCUT2D eigenvalue weighted by Gasteiger charge is -2.15. The number of aromatic nitrogens is 1. The molecule has 0 radical (unpaired) electrons. The van der Waals surface area contributed by atoms with Gasteiger partial charge in [0.05, 0.1) is 11.6 Å². The second kappa shape index (κ2) is 4.88. The highest BCUT2D eigenvalue weighted by molar-refractivity contribution is 7.11. The van der Waals surface area contributed by atoms with Gasteiger partial charge < -0.3 is 5.73 Å². The number of thiophene rings is 1. The molecule has 0 saturated carbocycles. The van der Waals surface area contributed by atoms with E-state index in [9.17, 15) is 0 Å². The third-order valence-corrected chi connectivity index (χ3v) is 4.66. The molecule has 0 bridgehead atoms. The van der Waals surface area contributed by atoms with Gasteiger partial charge in [-0.25, -0.2) is 4.98 Å². The van der Waals surface area contributed by atoms with Gasteiger partial charge in [-0.3, -0.25) is 0 Å². The molecule has 0 saturated heterocycles. The monoisotopic (exact) mass is 266 g/mol. The van der Waals surface area contributed by atoms with Gasteiger partial charge in [-0.05, 0) is 11.4 Å². The fraction of sp³-hybridized carbons (Fsp3) is 0.462. The van der Waals surface area contributed by atoms with Gasteiger partial charge in [-0.1, -0.05) is 26.8 Å². The average molecular weight is 266 g/mol. The van der Waals surface area contributed by atoms with E-state index in [4.69, 9.17) is 10.7 Å². The quantitative estimate of drug-likeness (QED) is 0.922. The largest absolute Gasteiger partial charge is 0.329 e. The molecule has 0 aromatic carbocycles. The maximum absolute atomic E-state index is 5.89. The van der Waals surface area contributed by atoms with E-state index in [1.54, 1.807) is 22.7 Å². The van der Waals surface area contributed by atoms with Gasteiger partial charge in [0.2, 0.25) is 0 Å². The summed E-state index contributed by atoms with van der Waals surface area (Å²) in [5.74, 6) is 0.260. The zero-order chi connectivity index (χ0) is 12.5. The summed E-state index contributed by atoms with van der Waals surface area (Å²) in [6, 6.07) is 4.21. The van der Waals surface area contributed by atoms with Crippen LogP contribution >= 0.6 is 22.7 Å². The maximum atomic E-state index is 5.89. The standard InChI is InChI=1S/C13H18N2S2/c1-13(2,3)11-8-17-12(15-11)9(7-14)10-5-4-6-16-10/h4-6,8-9H,7,14H2,1-3H3. The number of hydrogen-bond acceptors (Lipinski definition) is 4. The Morgan fingerprint density at radius 3 is 2.59 bits per heavy atom. The molecule has 0 fully saturated rings. The van der Waals surface area contributed by atoms with Crippen LogP contribution in [-0.4, -0.2) is 11.5 Å². The summed E-state index contributed by atoms with van der Waals surface area (Å²) < 4.78 is 0. The average Bonchev–Trinajstić information content (AvgIpc) is 2.87. The van der Waals surface area contributed by atoms with Gasteiger partial charge in [0.25, 0.3) is 0 Å². The number of rotatable bonds is 3. The first-order chi connectivity index (χ1) is 8.02. The van der Waals surface area contributed by atoms with Crippen molar-refractivity contribution in [1.29, 1.82) is 0 Å². The van der Waals surface area contributed by atoms with Crippen LogP contribution in [0.2, 0.25) is 0 Å². The zero-order valence-corrected chi connectivity index (χ0v) is 12.1. The minimum Gasteiger partial charge on any atom is -0.329 e. The van der Waals surface area contributed by atoms with Crippen molar-refractivity contribution in [3.63, 3.8) is 0 Å². The SMILES string of the molecule is CC(C)(C)c1csc(C(CN)c2cccs2)n1. The smallest absolute Gasteiger partial charge is 0.102 e. The fourth-order valence-corrected chi connectivity index (χ4v) is 3.72. The van der Waals surface area contributed by atoms with E-state index in [-0.39, 0.29) is 11.3 Å². The first-order valence-corrected chi connectivity index (χ1v) is 7.47. The number of nitrogens with zero attached hydrogens (tertiary/aromatic N) is 1. The van der Waals surface area contributed by atoms with Crippen LogP contribution in [0.3, 0.4) is 0 Å². The third kappa shape index (κ3) is 2.76. The lowest BCUT2D eigenvalue weighted by atomic mass is 9.93. The first kappa shape index (κ1) is 12.7. The van der Waals surface area contributed by atoms with Crippen LogP contribution in [0.25, 0.3) is 0 Å². The molecule has 92 valence electrons. The van der Waals surface area contributed by atoms with E-state index in [1.807, 2.05) is 0 Å². The van der Waals surface area contributed by atoms with Crippen molar-refractivity contribution in [3.8, 4) is 0 Å². The normalized spacial score (nSPS) is 13.9. The zero-order valence-electron chi connectivity index (χ0n) is 10.4. The van der Waals surface area contributed by atoms with Crippen molar-refractivity contribution >= 4 is 22.7 Å². The van der Waals surface area contributed by atoms with Crippen molar-refractivity contribution in [2.24, 2.45) is 5.73 Å². The summed E-state index contributed by atoms with van der Waals surface area (Å²) in [5, 5.41) is 5.39. The molecule has 2 aromatic rings. The van der Waals surface area contributed by atoms with E-state index < -0.39 is 0 Å². The minimum atomic E-state index is 0.114. The van der Waals surface area contributed by atoms with Gasteiger partial charge >= 0.3 is 0 Å². The van der Waals surface area contributed by atoms with Crippen LogP contribution in [0.15, 0.2) is 22.9 Å². The van der Waals surface area contributed by atoms with Crippen LogP contribution < -0.4 is 5.73 Å². The Hall–Kier alpha value is -0.710. The maximum Gasteiger partial charge on any atom is 0.102 e. The molecule has 0 spiro atoms. The van der Waals surface area contributed by atoms with E-state index >= 15 is 0 Å². The molecular formula is C13H18N2S2. The van der Waals surface area contributed by atoms with E-state index in [0.717, 1.165) is 10.7 Å². The highest BCUT2D eigenvalue weighted by atomic mass is 32.1. The summed E-state index contributed by atoms with van der Waals surface area (Å²) in [4.78, 5) is 6.06. The lowest BCUT2D eigenvalue weighted by molar-refractivity contribution is 0.569. The molecule has 2 nitrogen and oxygen atoms in total. The lowest BCUT2D eigenvalue weighted by Crippen LogP contribution is -2.15. The summed E-state index contributed by atoms with van der Waals surface area (Å²) in [6.45, 7) is 7.19. The minimum absolute atomic E-state index is 0.114. The topological polar surface area (TPSA) is 38.9 Å². The highest BCUT2D eigenvalue weighted by Crippen LogP contribution is 2.32. The van der Waals surface area contributed by atoms with Gasteiger partial charge in [-0.2, -0.15) is 0 Å². The Morgan fingerprint density at radius 1 is 1.35 bits per heavy atom. The molecule has 1 atom stereocenters. The Labute approximate surface area is 111 Å². The molecule has 1 unspecified atom stereocenters. The number of hydrogen-bond donors (Lipinski definition) is 1. The second-order valence-corrected chi connectivity index (χ2v) is 6.99. The van der Waals surface area contributed by atoms with Gasteiger partial charge in [-0.15, -0.1) is 22.7 Å². The van der Waals surface area contributed by atoms with Crippen LogP contribution in [0, 0.1) is 0 Å². The molecule has 2 heterocycles. The molecule has 4 heteroatoms. The number of thiazole rings is 1. The van der Waals surface area contributed by atoms with Crippen LogP contribution in [-0.2, 0) is 5.41 Å². The van der Waals surface area contributed by atoms with Crippen LogP contribution in [0.5, 0.6) is 0 Å². The summed E-state index contributed by atoms with van der Waals surface area (Å²) >= 11 is 3.48. The van der Waals surface area contributed by atoms with Crippen molar-refractivity contribution in [1.82, 2.24) is 4.98 Å². The van der Waals surface area contributed by atoms with Gasteiger partial charge in [0, 0.05) is 22.2 Å². The Kier molecular flexibility index (Phi) is 3.66. The van der Waals surface area contributed by atoms with Gasteiger partial charge in [0.15, 0.2) is 0 Å². The molecular weight excluding hydrogens is 248 g/mol. The Bertz CT molecular complexity index is 466. The van der Waals surface area contributed by atoms with Crippen molar-refractivity contribution in [2.75, 3.05) is 6.54 Å². The molecule has 17 heavy (non-hydrogen) atoms. The Balaban J connectivity index is 2.30. The molecule has 0 amide bonds. The van der Waals surface area contributed by atoms with Crippen molar-refractivity contribution in [3.05, 3.63) is 38.5 Å².